The van der Waals surface area contributed by atoms with Crippen molar-refractivity contribution in [2.45, 2.75) is 43.5 Å². The molecule has 4 rings (SSSR count). The summed E-state index contributed by atoms with van der Waals surface area (Å²) in [5.41, 5.74) is 0.578. The van der Waals surface area contributed by atoms with Crippen molar-refractivity contribution in [3.63, 3.8) is 0 Å². The van der Waals surface area contributed by atoms with E-state index in [9.17, 15) is 9.59 Å². The zero-order valence-corrected chi connectivity index (χ0v) is 15.9. The molecule has 1 aromatic rings. The number of carbonyl (C=O) groups is 2. The first-order chi connectivity index (χ1) is 12.6. The number of aromatic nitrogens is 1. The van der Waals surface area contributed by atoms with Gasteiger partial charge in [0.2, 0.25) is 5.91 Å². The average molecular weight is 379 g/mol. The zero-order valence-electron chi connectivity index (χ0n) is 15.1. The number of nitrogens with zero attached hydrogens (tertiary/aromatic N) is 3. The van der Waals surface area contributed by atoms with Crippen molar-refractivity contribution < 1.29 is 18.8 Å². The number of ether oxygens (including phenoxy) is 1. The van der Waals surface area contributed by atoms with Crippen LogP contribution in [0.3, 0.4) is 0 Å². The van der Waals surface area contributed by atoms with Crippen LogP contribution in [0.25, 0.3) is 0 Å². The van der Waals surface area contributed by atoms with Crippen LogP contribution in [-0.2, 0) is 16.0 Å². The molecule has 1 unspecified atom stereocenters. The third-order valence-electron chi connectivity index (χ3n) is 5.52. The van der Waals surface area contributed by atoms with Crippen LogP contribution in [0.5, 0.6) is 0 Å². The topological polar surface area (TPSA) is 75.9 Å². The van der Waals surface area contributed by atoms with Gasteiger partial charge in [-0.15, -0.1) is 11.8 Å². The van der Waals surface area contributed by atoms with E-state index in [1.807, 2.05) is 28.5 Å². The van der Waals surface area contributed by atoms with E-state index < -0.39 is 0 Å². The summed E-state index contributed by atoms with van der Waals surface area (Å²) in [6.07, 6.45) is 5.39. The number of carbonyl (C=O) groups excluding carboxylic acids is 2. The van der Waals surface area contributed by atoms with Gasteiger partial charge in [-0.2, -0.15) is 0 Å². The van der Waals surface area contributed by atoms with Crippen molar-refractivity contribution in [1.29, 1.82) is 0 Å². The molecule has 0 aliphatic carbocycles. The molecule has 26 heavy (non-hydrogen) atoms. The summed E-state index contributed by atoms with van der Waals surface area (Å²) in [7, 11) is 0. The van der Waals surface area contributed by atoms with Crippen molar-refractivity contribution in [2.24, 2.45) is 0 Å². The largest absolute Gasteiger partial charge is 0.367 e. The second kappa shape index (κ2) is 7.23. The normalized spacial score (nSPS) is 24.3. The maximum atomic E-state index is 12.6. The Bertz CT molecular complexity index is 680. The van der Waals surface area contributed by atoms with Gasteiger partial charge in [0.15, 0.2) is 0 Å². The summed E-state index contributed by atoms with van der Waals surface area (Å²) in [6, 6.07) is 0. The minimum atomic E-state index is 0.00269. The molecule has 1 spiro atoms. The van der Waals surface area contributed by atoms with Crippen LogP contribution >= 0.6 is 11.8 Å². The van der Waals surface area contributed by atoms with E-state index in [0.29, 0.717) is 17.7 Å². The Morgan fingerprint density at radius 3 is 2.85 bits per heavy atom. The molecule has 3 aliphatic heterocycles. The van der Waals surface area contributed by atoms with E-state index in [1.54, 1.807) is 0 Å². The molecule has 1 aromatic heterocycles. The van der Waals surface area contributed by atoms with Gasteiger partial charge in [0.1, 0.15) is 17.9 Å². The smallest absolute Gasteiger partial charge is 0.259 e. The minimum Gasteiger partial charge on any atom is -0.367 e. The highest BCUT2D eigenvalue weighted by molar-refractivity contribution is 8.01. The zero-order chi connectivity index (χ0) is 18.1. The van der Waals surface area contributed by atoms with Crippen LogP contribution in [0.15, 0.2) is 10.7 Å². The molecular formula is C18H25N3O4S. The number of hydrogen-bond donors (Lipinski definition) is 0. The molecule has 7 nitrogen and oxygen atoms in total. The van der Waals surface area contributed by atoms with E-state index in [4.69, 9.17) is 9.26 Å². The Balaban J connectivity index is 1.25. The number of amides is 2. The molecule has 8 heteroatoms. The second-order valence-corrected chi connectivity index (χ2v) is 8.88. The predicted molar refractivity (Wildman–Crippen MR) is 97.1 cm³/mol. The molecule has 0 N–H and O–H groups in total. The Morgan fingerprint density at radius 2 is 2.12 bits per heavy atom. The van der Waals surface area contributed by atoms with Crippen LogP contribution in [-0.4, -0.2) is 76.2 Å². The van der Waals surface area contributed by atoms with E-state index in [2.05, 4.69) is 5.16 Å². The highest BCUT2D eigenvalue weighted by Crippen LogP contribution is 2.46. The van der Waals surface area contributed by atoms with E-state index in [0.717, 1.165) is 51.2 Å². The van der Waals surface area contributed by atoms with Crippen LogP contribution in [0, 0.1) is 0 Å². The number of hydrogen-bond acceptors (Lipinski definition) is 6. The Morgan fingerprint density at radius 1 is 1.35 bits per heavy atom. The lowest BCUT2D eigenvalue weighted by Gasteiger charge is -2.47. The quantitative estimate of drug-likeness (QED) is 0.773. The van der Waals surface area contributed by atoms with Crippen LogP contribution in [0.1, 0.15) is 42.3 Å². The van der Waals surface area contributed by atoms with Gasteiger partial charge in [-0.1, -0.05) is 12.1 Å². The van der Waals surface area contributed by atoms with E-state index in [-0.39, 0.29) is 29.3 Å². The predicted octanol–water partition coefficient (Wildman–Crippen LogP) is 1.58. The maximum Gasteiger partial charge on any atom is 0.259 e. The van der Waals surface area contributed by atoms with Crippen molar-refractivity contribution >= 4 is 23.6 Å². The third kappa shape index (κ3) is 3.36. The van der Waals surface area contributed by atoms with E-state index >= 15 is 0 Å². The summed E-state index contributed by atoms with van der Waals surface area (Å²) in [5, 5.41) is 3.75. The van der Waals surface area contributed by atoms with Crippen molar-refractivity contribution in [1.82, 2.24) is 15.0 Å². The van der Waals surface area contributed by atoms with Crippen molar-refractivity contribution in [2.75, 3.05) is 38.5 Å². The van der Waals surface area contributed by atoms with E-state index in [1.165, 1.54) is 6.20 Å². The molecule has 3 fully saturated rings. The number of aryl methyl sites for hydroxylation is 1. The van der Waals surface area contributed by atoms with Crippen LogP contribution in [0.2, 0.25) is 0 Å². The monoisotopic (exact) mass is 379 g/mol. The molecule has 0 aromatic carbocycles. The first-order valence-electron chi connectivity index (χ1n) is 9.36. The third-order valence-corrected chi connectivity index (χ3v) is 7.09. The fourth-order valence-corrected chi connectivity index (χ4v) is 5.59. The SMILES string of the molecule is CCc1oncc1C(=O)N1CC2(CC(OCC(=O)N3CCCC3)CS2)C1. The number of thioether (sulfide) groups is 1. The fraction of sp³-hybridized carbons (Fsp3) is 0.722. The van der Waals surface area contributed by atoms with Gasteiger partial charge in [0.25, 0.3) is 5.91 Å². The van der Waals surface area contributed by atoms with Gasteiger partial charge in [0.05, 0.1) is 17.0 Å². The molecular weight excluding hydrogens is 354 g/mol. The van der Waals surface area contributed by atoms with Crippen molar-refractivity contribution in [3.8, 4) is 0 Å². The fourth-order valence-electron chi connectivity index (χ4n) is 4.03. The highest BCUT2D eigenvalue weighted by atomic mass is 32.2. The van der Waals surface area contributed by atoms with Gasteiger partial charge < -0.3 is 19.1 Å². The van der Waals surface area contributed by atoms with Gasteiger partial charge in [-0.3, -0.25) is 9.59 Å². The second-order valence-electron chi connectivity index (χ2n) is 7.40. The van der Waals surface area contributed by atoms with Crippen LogP contribution in [0.4, 0.5) is 0 Å². The van der Waals surface area contributed by atoms with Gasteiger partial charge in [-0.25, -0.2) is 0 Å². The van der Waals surface area contributed by atoms with Gasteiger partial charge in [0, 0.05) is 38.4 Å². The lowest BCUT2D eigenvalue weighted by Crippen LogP contribution is -2.60. The molecule has 3 aliphatic rings. The molecule has 0 bridgehead atoms. The van der Waals surface area contributed by atoms with Crippen molar-refractivity contribution in [3.05, 3.63) is 17.5 Å². The Kier molecular flexibility index (Phi) is 4.96. The minimum absolute atomic E-state index is 0.00269. The summed E-state index contributed by atoms with van der Waals surface area (Å²) in [6.45, 7) is 5.32. The molecule has 142 valence electrons. The summed E-state index contributed by atoms with van der Waals surface area (Å²) < 4.78 is 11.1. The summed E-state index contributed by atoms with van der Waals surface area (Å²) >= 11 is 1.87. The highest BCUT2D eigenvalue weighted by Gasteiger charge is 2.51. The molecule has 1 atom stereocenters. The average Bonchev–Trinajstić information content (AvgIpc) is 3.37. The number of likely N-dealkylation sites (tertiary alicyclic amines) is 2. The first kappa shape index (κ1) is 17.9. The Labute approximate surface area is 157 Å². The molecule has 2 amide bonds. The number of rotatable bonds is 5. The van der Waals surface area contributed by atoms with Gasteiger partial charge >= 0.3 is 0 Å². The Hall–Kier alpha value is -1.54. The molecule has 0 saturated carbocycles. The summed E-state index contributed by atoms with van der Waals surface area (Å²) in [4.78, 5) is 28.4. The lowest BCUT2D eigenvalue weighted by molar-refractivity contribution is -0.136. The van der Waals surface area contributed by atoms with Crippen LogP contribution < -0.4 is 0 Å². The summed E-state index contributed by atoms with van der Waals surface area (Å²) in [5.74, 6) is 1.65. The molecule has 3 saturated heterocycles. The molecule has 4 heterocycles. The first-order valence-corrected chi connectivity index (χ1v) is 10.3. The molecule has 0 radical (unpaired) electrons. The maximum absolute atomic E-state index is 12.6. The lowest BCUT2D eigenvalue weighted by atomic mass is 9.92. The standard InChI is InChI=1S/C18H25N3O4S/c1-2-15-14(8-19-25-15)17(23)21-11-18(12-21)7-13(10-26-18)24-9-16(22)20-5-3-4-6-20/h8,13H,2-7,9-12H2,1H3. The van der Waals surface area contributed by atoms with Gasteiger partial charge in [-0.05, 0) is 19.3 Å².